The van der Waals surface area contributed by atoms with Crippen LogP contribution in [0.1, 0.15) is 46.5 Å². The van der Waals surface area contributed by atoms with Crippen LogP contribution < -0.4 is 11.1 Å². The summed E-state index contributed by atoms with van der Waals surface area (Å²) in [5.41, 5.74) is 5.78. The van der Waals surface area contributed by atoms with Crippen LogP contribution in [-0.2, 0) is 9.47 Å². The van der Waals surface area contributed by atoms with Gasteiger partial charge in [-0.3, -0.25) is 0 Å². The number of anilines is 1. The zero-order chi connectivity index (χ0) is 18.7. The molecule has 0 bridgehead atoms. The number of rotatable bonds is 8. The minimum atomic E-state index is -0.794. The second-order valence-corrected chi connectivity index (χ2v) is 7.76. The van der Waals surface area contributed by atoms with Crippen LogP contribution in [-0.4, -0.2) is 30.1 Å². The van der Waals surface area contributed by atoms with E-state index in [1.165, 1.54) is 4.90 Å². The van der Waals surface area contributed by atoms with Crippen molar-refractivity contribution in [3.63, 3.8) is 0 Å². The van der Waals surface area contributed by atoms with Gasteiger partial charge >= 0.3 is 12.2 Å². The Morgan fingerprint density at radius 2 is 1.68 bits per heavy atom. The Morgan fingerprint density at radius 1 is 1.04 bits per heavy atom. The Balaban J connectivity index is 1.98. The van der Waals surface area contributed by atoms with Crippen LogP contribution in [0.2, 0.25) is 0 Å². The quantitative estimate of drug-likeness (QED) is 0.396. The molecule has 2 amide bonds. The van der Waals surface area contributed by atoms with Crippen molar-refractivity contribution in [2.75, 3.05) is 18.1 Å². The summed E-state index contributed by atoms with van der Waals surface area (Å²) >= 11 is 1.81. The lowest BCUT2D eigenvalue weighted by Crippen LogP contribution is -2.36. The van der Waals surface area contributed by atoms with Crippen LogP contribution in [0.5, 0.6) is 0 Å². The number of carbonyl (C=O) groups is 2. The van der Waals surface area contributed by atoms with Crippen LogP contribution in [0.4, 0.5) is 15.3 Å². The zero-order valence-electron chi connectivity index (χ0n) is 15.2. The Kier molecular flexibility index (Phi) is 9.20. The molecular weight excluding hydrogens is 340 g/mol. The largest absolute Gasteiger partial charge is 0.449 e. The molecular formula is C18H28N2O4S. The van der Waals surface area contributed by atoms with E-state index >= 15 is 0 Å². The van der Waals surface area contributed by atoms with E-state index < -0.39 is 17.8 Å². The molecule has 0 saturated heterocycles. The van der Waals surface area contributed by atoms with Crippen LogP contribution in [0.25, 0.3) is 0 Å². The SMILES string of the molecule is CC(C)(C)OC(=O)NC(=O)OCCCCCCSc1ccc(N)cc1. The molecule has 0 spiro atoms. The lowest BCUT2D eigenvalue weighted by Gasteiger charge is -2.19. The lowest BCUT2D eigenvalue weighted by atomic mass is 10.2. The highest BCUT2D eigenvalue weighted by atomic mass is 32.2. The molecule has 0 unspecified atom stereocenters. The van der Waals surface area contributed by atoms with Crippen molar-refractivity contribution in [1.82, 2.24) is 5.32 Å². The molecule has 0 radical (unpaired) electrons. The van der Waals surface area contributed by atoms with Crippen molar-refractivity contribution < 1.29 is 19.1 Å². The summed E-state index contributed by atoms with van der Waals surface area (Å²) in [5, 5.41) is 2.04. The number of hydrogen-bond acceptors (Lipinski definition) is 6. The van der Waals surface area contributed by atoms with Gasteiger partial charge < -0.3 is 15.2 Å². The number of nitrogens with two attached hydrogens (primary N) is 1. The molecule has 0 aliphatic carbocycles. The molecule has 6 nitrogen and oxygen atoms in total. The summed E-state index contributed by atoms with van der Waals surface area (Å²) in [6.45, 7) is 5.47. The molecule has 0 aliphatic heterocycles. The minimum Gasteiger partial charge on any atom is -0.449 e. The van der Waals surface area contributed by atoms with Gasteiger partial charge in [0.25, 0.3) is 0 Å². The minimum absolute atomic E-state index is 0.291. The van der Waals surface area contributed by atoms with Gasteiger partial charge in [-0.15, -0.1) is 11.8 Å². The van der Waals surface area contributed by atoms with Crippen molar-refractivity contribution in [2.45, 2.75) is 57.0 Å². The number of ether oxygens (including phenoxy) is 2. The van der Waals surface area contributed by atoms with Gasteiger partial charge in [-0.25, -0.2) is 14.9 Å². The number of nitrogens with one attached hydrogen (secondary N) is 1. The van der Waals surface area contributed by atoms with Crippen LogP contribution in [0.15, 0.2) is 29.2 Å². The van der Waals surface area contributed by atoms with Crippen molar-refractivity contribution >= 4 is 29.6 Å². The van der Waals surface area contributed by atoms with Crippen molar-refractivity contribution in [3.8, 4) is 0 Å². The standard InChI is InChI=1S/C18H28N2O4S/c1-18(2,3)24-17(22)20-16(21)23-12-6-4-5-7-13-25-15-10-8-14(19)9-11-15/h8-11H,4-7,12-13,19H2,1-3H3,(H,20,21,22). The summed E-state index contributed by atoms with van der Waals surface area (Å²) in [6, 6.07) is 7.86. The second-order valence-electron chi connectivity index (χ2n) is 6.59. The molecule has 3 N–H and O–H groups in total. The Labute approximate surface area is 153 Å². The van der Waals surface area contributed by atoms with Crippen molar-refractivity contribution in [2.24, 2.45) is 0 Å². The van der Waals surface area contributed by atoms with Crippen molar-refractivity contribution in [3.05, 3.63) is 24.3 Å². The number of unbranched alkanes of at least 4 members (excludes halogenated alkanes) is 3. The fourth-order valence-corrected chi connectivity index (χ4v) is 2.81. The lowest BCUT2D eigenvalue weighted by molar-refractivity contribution is 0.0510. The Bertz CT molecular complexity index is 541. The fourth-order valence-electron chi connectivity index (χ4n) is 1.90. The first-order chi connectivity index (χ1) is 11.8. The third-order valence-corrected chi connectivity index (χ3v) is 4.12. The number of imide groups is 1. The highest BCUT2D eigenvalue weighted by molar-refractivity contribution is 7.99. The molecule has 0 saturated carbocycles. The molecule has 0 atom stereocenters. The summed E-state index contributed by atoms with van der Waals surface area (Å²) in [7, 11) is 0. The van der Waals surface area contributed by atoms with E-state index in [-0.39, 0.29) is 0 Å². The van der Waals surface area contributed by atoms with Gasteiger partial charge in [-0.05, 0) is 63.6 Å². The maximum absolute atomic E-state index is 11.4. The molecule has 0 aliphatic rings. The van der Waals surface area contributed by atoms with Gasteiger partial charge in [0, 0.05) is 10.6 Å². The normalized spacial score (nSPS) is 11.0. The van der Waals surface area contributed by atoms with Gasteiger partial charge in [0.1, 0.15) is 5.60 Å². The smallest absolute Gasteiger partial charge is 0.417 e. The molecule has 25 heavy (non-hydrogen) atoms. The molecule has 0 fully saturated rings. The van der Waals surface area contributed by atoms with Gasteiger partial charge in [0.2, 0.25) is 0 Å². The van der Waals surface area contributed by atoms with Gasteiger partial charge in [-0.2, -0.15) is 0 Å². The summed E-state index contributed by atoms with van der Waals surface area (Å²) in [5.74, 6) is 1.05. The van der Waals surface area contributed by atoms with E-state index in [4.69, 9.17) is 15.2 Å². The number of carbonyl (C=O) groups excluding carboxylic acids is 2. The third-order valence-electron chi connectivity index (χ3n) is 3.02. The number of hydrogen-bond donors (Lipinski definition) is 2. The van der Waals surface area contributed by atoms with Gasteiger partial charge in [0.05, 0.1) is 6.61 Å². The first kappa shape index (κ1) is 21.2. The summed E-state index contributed by atoms with van der Waals surface area (Å²) in [4.78, 5) is 24.0. The maximum atomic E-state index is 11.4. The molecule has 0 aromatic heterocycles. The maximum Gasteiger partial charge on any atom is 0.417 e. The third kappa shape index (κ3) is 11.3. The van der Waals surface area contributed by atoms with Gasteiger partial charge in [0.15, 0.2) is 0 Å². The predicted octanol–water partition coefficient (Wildman–Crippen LogP) is 4.58. The zero-order valence-corrected chi connectivity index (χ0v) is 16.0. The first-order valence-electron chi connectivity index (χ1n) is 8.41. The average Bonchev–Trinajstić information content (AvgIpc) is 2.49. The van der Waals surface area contributed by atoms with E-state index in [0.717, 1.165) is 37.1 Å². The molecule has 140 valence electrons. The van der Waals surface area contributed by atoms with E-state index in [9.17, 15) is 9.59 Å². The Hall–Kier alpha value is -1.89. The monoisotopic (exact) mass is 368 g/mol. The number of alkyl carbamates (subject to hydrolysis) is 2. The van der Waals surface area contributed by atoms with Crippen LogP contribution >= 0.6 is 11.8 Å². The van der Waals surface area contributed by atoms with Gasteiger partial charge in [-0.1, -0.05) is 12.8 Å². The Morgan fingerprint density at radius 3 is 2.32 bits per heavy atom. The average molecular weight is 368 g/mol. The van der Waals surface area contributed by atoms with E-state index in [1.54, 1.807) is 32.5 Å². The number of thioether (sulfide) groups is 1. The number of amides is 2. The first-order valence-corrected chi connectivity index (χ1v) is 9.40. The number of benzene rings is 1. The number of nitrogen functional groups attached to an aromatic ring is 1. The van der Waals surface area contributed by atoms with E-state index in [0.29, 0.717) is 6.61 Å². The molecule has 1 aromatic carbocycles. The molecule has 1 rings (SSSR count). The van der Waals surface area contributed by atoms with Crippen LogP contribution in [0, 0.1) is 0 Å². The van der Waals surface area contributed by atoms with Crippen LogP contribution in [0.3, 0.4) is 0 Å². The summed E-state index contributed by atoms with van der Waals surface area (Å²) < 4.78 is 9.91. The van der Waals surface area contributed by atoms with E-state index in [1.807, 2.05) is 29.6 Å². The highest BCUT2D eigenvalue weighted by Gasteiger charge is 2.18. The highest BCUT2D eigenvalue weighted by Crippen LogP contribution is 2.20. The van der Waals surface area contributed by atoms with Crippen molar-refractivity contribution in [1.29, 1.82) is 0 Å². The molecule has 7 heteroatoms. The fraction of sp³-hybridized carbons (Fsp3) is 0.556. The second kappa shape index (κ2) is 10.9. The summed E-state index contributed by atoms with van der Waals surface area (Å²) in [6.07, 6.45) is 2.35. The predicted molar refractivity (Wildman–Crippen MR) is 101 cm³/mol. The molecule has 1 aromatic rings. The van der Waals surface area contributed by atoms with E-state index in [2.05, 4.69) is 0 Å². The molecule has 0 heterocycles. The topological polar surface area (TPSA) is 90.6 Å².